The van der Waals surface area contributed by atoms with Crippen molar-refractivity contribution < 1.29 is 23.6 Å². The van der Waals surface area contributed by atoms with Gasteiger partial charge in [-0.2, -0.15) is 0 Å². The molecule has 1 N–H and O–H groups in total. The SMILES string of the molecule is CC1SCC(C(=O)O)N1C(=O)c1cc(-c2ccco2)on1. The van der Waals surface area contributed by atoms with Gasteiger partial charge in [0.1, 0.15) is 6.04 Å². The summed E-state index contributed by atoms with van der Waals surface area (Å²) in [5.74, 6) is -0.322. The van der Waals surface area contributed by atoms with E-state index in [1.807, 2.05) is 0 Å². The monoisotopic (exact) mass is 308 g/mol. The van der Waals surface area contributed by atoms with Gasteiger partial charge in [0, 0.05) is 11.8 Å². The Hall–Kier alpha value is -2.22. The maximum absolute atomic E-state index is 12.5. The highest BCUT2D eigenvalue weighted by Gasteiger charge is 2.40. The van der Waals surface area contributed by atoms with E-state index < -0.39 is 17.9 Å². The van der Waals surface area contributed by atoms with Crippen LogP contribution in [0.4, 0.5) is 0 Å². The normalized spacial score (nSPS) is 21.7. The molecule has 7 nitrogen and oxygen atoms in total. The molecule has 1 amide bonds. The molecule has 2 unspecified atom stereocenters. The fourth-order valence-corrected chi connectivity index (χ4v) is 3.35. The van der Waals surface area contributed by atoms with E-state index in [0.29, 0.717) is 17.3 Å². The molecule has 2 aromatic heterocycles. The van der Waals surface area contributed by atoms with Crippen LogP contribution >= 0.6 is 11.8 Å². The average Bonchev–Trinajstić information content (AvgIpc) is 3.17. The summed E-state index contributed by atoms with van der Waals surface area (Å²) in [5, 5.41) is 12.7. The summed E-state index contributed by atoms with van der Waals surface area (Å²) in [7, 11) is 0. The Bertz CT molecular complexity index is 666. The van der Waals surface area contributed by atoms with Gasteiger partial charge >= 0.3 is 5.97 Å². The number of hydrogen-bond acceptors (Lipinski definition) is 6. The Kier molecular flexibility index (Phi) is 3.46. The molecular formula is C13H12N2O5S. The van der Waals surface area contributed by atoms with Gasteiger partial charge in [-0.15, -0.1) is 11.8 Å². The van der Waals surface area contributed by atoms with Gasteiger partial charge in [0.05, 0.1) is 11.6 Å². The number of furan rings is 1. The van der Waals surface area contributed by atoms with Gasteiger partial charge in [0.15, 0.2) is 11.5 Å². The number of hydrogen-bond donors (Lipinski definition) is 1. The van der Waals surface area contributed by atoms with Crippen LogP contribution in [0.1, 0.15) is 17.4 Å². The van der Waals surface area contributed by atoms with E-state index in [-0.39, 0.29) is 11.1 Å². The van der Waals surface area contributed by atoms with Crippen molar-refractivity contribution in [1.29, 1.82) is 0 Å². The van der Waals surface area contributed by atoms with Crippen molar-refractivity contribution in [2.24, 2.45) is 0 Å². The molecule has 0 aliphatic carbocycles. The minimum Gasteiger partial charge on any atom is -0.480 e. The van der Waals surface area contributed by atoms with Crippen molar-refractivity contribution in [3.63, 3.8) is 0 Å². The lowest BCUT2D eigenvalue weighted by Gasteiger charge is -2.23. The molecule has 0 aromatic carbocycles. The van der Waals surface area contributed by atoms with Crippen LogP contribution in [0, 0.1) is 0 Å². The summed E-state index contributed by atoms with van der Waals surface area (Å²) in [6.45, 7) is 1.79. The second-order valence-electron chi connectivity index (χ2n) is 4.55. The number of carboxylic acid groups (broad SMARTS) is 1. The number of rotatable bonds is 3. The van der Waals surface area contributed by atoms with Crippen LogP contribution in [0.2, 0.25) is 0 Å². The first-order valence-electron chi connectivity index (χ1n) is 6.25. The highest BCUT2D eigenvalue weighted by atomic mass is 32.2. The zero-order valence-electron chi connectivity index (χ0n) is 11.1. The second-order valence-corrected chi connectivity index (χ2v) is 5.90. The number of carboxylic acids is 1. The van der Waals surface area contributed by atoms with Crippen molar-refractivity contribution in [2.45, 2.75) is 18.3 Å². The first kappa shape index (κ1) is 13.7. The van der Waals surface area contributed by atoms with Gasteiger partial charge in [-0.3, -0.25) is 4.79 Å². The Morgan fingerprint density at radius 3 is 2.95 bits per heavy atom. The summed E-state index contributed by atoms with van der Waals surface area (Å²) < 4.78 is 10.2. The van der Waals surface area contributed by atoms with Crippen LogP contribution in [-0.2, 0) is 4.79 Å². The number of aliphatic carboxylic acids is 1. The molecule has 1 aliphatic heterocycles. The molecule has 3 heterocycles. The summed E-state index contributed by atoms with van der Waals surface area (Å²) in [6.07, 6.45) is 1.49. The van der Waals surface area contributed by atoms with Crippen LogP contribution < -0.4 is 0 Å². The minimum atomic E-state index is -1.02. The molecule has 21 heavy (non-hydrogen) atoms. The predicted molar refractivity (Wildman–Crippen MR) is 73.7 cm³/mol. The summed E-state index contributed by atoms with van der Waals surface area (Å²) in [4.78, 5) is 25.0. The van der Waals surface area contributed by atoms with Gasteiger partial charge in [0.25, 0.3) is 5.91 Å². The molecule has 0 radical (unpaired) electrons. The standard InChI is InChI=1S/C13H12N2O5S/c1-7-15(9(6-21-7)13(17)18)12(16)8-5-11(20-14-8)10-3-2-4-19-10/h2-5,7,9H,6H2,1H3,(H,17,18). The summed E-state index contributed by atoms with van der Waals surface area (Å²) in [6, 6.07) is 3.99. The van der Waals surface area contributed by atoms with Crippen molar-refractivity contribution in [2.75, 3.05) is 5.75 Å². The molecule has 0 bridgehead atoms. The third-order valence-electron chi connectivity index (χ3n) is 3.24. The number of aromatic nitrogens is 1. The Morgan fingerprint density at radius 2 is 2.29 bits per heavy atom. The molecule has 110 valence electrons. The Morgan fingerprint density at radius 1 is 1.48 bits per heavy atom. The number of amides is 1. The molecule has 2 aromatic rings. The fourth-order valence-electron chi connectivity index (χ4n) is 2.18. The molecule has 1 fully saturated rings. The highest BCUT2D eigenvalue weighted by molar-refractivity contribution is 8.00. The lowest BCUT2D eigenvalue weighted by atomic mass is 10.2. The van der Waals surface area contributed by atoms with E-state index in [0.717, 1.165) is 0 Å². The van der Waals surface area contributed by atoms with Crippen LogP contribution in [-0.4, -0.2) is 44.2 Å². The average molecular weight is 308 g/mol. The lowest BCUT2D eigenvalue weighted by Crippen LogP contribution is -2.44. The van der Waals surface area contributed by atoms with Crippen molar-refractivity contribution in [3.8, 4) is 11.5 Å². The van der Waals surface area contributed by atoms with E-state index >= 15 is 0 Å². The van der Waals surface area contributed by atoms with Crippen LogP contribution in [0.5, 0.6) is 0 Å². The molecule has 8 heteroatoms. The molecular weight excluding hydrogens is 296 g/mol. The topological polar surface area (TPSA) is 96.8 Å². The Balaban J connectivity index is 1.86. The van der Waals surface area contributed by atoms with Crippen molar-refractivity contribution >= 4 is 23.6 Å². The molecule has 0 spiro atoms. The predicted octanol–water partition coefficient (Wildman–Crippen LogP) is 1.92. The van der Waals surface area contributed by atoms with E-state index in [2.05, 4.69) is 5.16 Å². The third kappa shape index (κ3) is 2.42. The van der Waals surface area contributed by atoms with E-state index in [1.54, 1.807) is 19.1 Å². The fraction of sp³-hybridized carbons (Fsp3) is 0.308. The van der Waals surface area contributed by atoms with E-state index in [4.69, 9.17) is 8.94 Å². The lowest BCUT2D eigenvalue weighted by molar-refractivity contribution is -0.141. The van der Waals surface area contributed by atoms with Gasteiger partial charge < -0.3 is 18.9 Å². The molecule has 1 saturated heterocycles. The van der Waals surface area contributed by atoms with Gasteiger partial charge in [-0.25, -0.2) is 4.79 Å². The molecule has 3 rings (SSSR count). The van der Waals surface area contributed by atoms with Crippen LogP contribution in [0.3, 0.4) is 0 Å². The van der Waals surface area contributed by atoms with E-state index in [1.165, 1.54) is 29.0 Å². The quantitative estimate of drug-likeness (QED) is 0.925. The largest absolute Gasteiger partial charge is 0.480 e. The van der Waals surface area contributed by atoms with Crippen molar-refractivity contribution in [3.05, 3.63) is 30.2 Å². The van der Waals surface area contributed by atoms with Crippen LogP contribution in [0.15, 0.2) is 33.4 Å². The highest BCUT2D eigenvalue weighted by Crippen LogP contribution is 2.31. The number of carbonyl (C=O) groups excluding carboxylic acids is 1. The van der Waals surface area contributed by atoms with E-state index in [9.17, 15) is 14.7 Å². The van der Waals surface area contributed by atoms with Gasteiger partial charge in [-0.05, 0) is 19.1 Å². The van der Waals surface area contributed by atoms with Crippen LogP contribution in [0.25, 0.3) is 11.5 Å². The zero-order valence-corrected chi connectivity index (χ0v) is 11.9. The number of thioether (sulfide) groups is 1. The maximum Gasteiger partial charge on any atom is 0.327 e. The Labute approximate surface area is 123 Å². The minimum absolute atomic E-state index is 0.0713. The van der Waals surface area contributed by atoms with Gasteiger partial charge in [0.2, 0.25) is 5.76 Å². The number of carbonyl (C=O) groups is 2. The summed E-state index contributed by atoms with van der Waals surface area (Å²) in [5.41, 5.74) is 0.0713. The first-order chi connectivity index (χ1) is 10.1. The summed E-state index contributed by atoms with van der Waals surface area (Å²) >= 11 is 1.42. The molecule has 2 atom stereocenters. The number of nitrogens with zero attached hydrogens (tertiary/aromatic N) is 2. The maximum atomic E-state index is 12.5. The second kappa shape index (κ2) is 5.28. The first-order valence-corrected chi connectivity index (χ1v) is 7.30. The smallest absolute Gasteiger partial charge is 0.327 e. The molecule has 1 aliphatic rings. The third-order valence-corrected chi connectivity index (χ3v) is 4.45. The van der Waals surface area contributed by atoms with Gasteiger partial charge in [-0.1, -0.05) is 5.16 Å². The zero-order chi connectivity index (χ0) is 15.0. The molecule has 0 saturated carbocycles. The van der Waals surface area contributed by atoms with Crippen molar-refractivity contribution in [1.82, 2.24) is 10.1 Å².